The number of hydrazine groups is 1. The Morgan fingerprint density at radius 2 is 1.90 bits per heavy atom. The van der Waals surface area contributed by atoms with Crippen LogP contribution >= 0.6 is 0 Å². The predicted molar refractivity (Wildman–Crippen MR) is 73.1 cm³/mol. The van der Waals surface area contributed by atoms with Gasteiger partial charge in [-0.05, 0) is 18.2 Å². The summed E-state index contributed by atoms with van der Waals surface area (Å²) in [5.74, 6) is -0.0410. The summed E-state index contributed by atoms with van der Waals surface area (Å²) in [5, 5.41) is 13.3. The van der Waals surface area contributed by atoms with Gasteiger partial charge in [-0.15, -0.1) is 0 Å². The maximum atomic E-state index is 11.6. The number of amides is 2. The van der Waals surface area contributed by atoms with Crippen LogP contribution in [0.25, 0.3) is 0 Å². The summed E-state index contributed by atoms with van der Waals surface area (Å²) in [6, 6.07) is 10.9. The molecule has 102 valence electrons. The first-order chi connectivity index (χ1) is 9.66. The van der Waals surface area contributed by atoms with Crippen molar-refractivity contribution >= 4 is 23.2 Å². The van der Waals surface area contributed by atoms with Crippen molar-refractivity contribution in [2.24, 2.45) is 0 Å². The van der Waals surface area contributed by atoms with E-state index in [1.165, 1.54) is 18.3 Å². The van der Waals surface area contributed by atoms with E-state index < -0.39 is 11.0 Å². The van der Waals surface area contributed by atoms with E-state index in [0.29, 0.717) is 5.69 Å². The molecular weight excluding hydrogens is 262 g/mol. The highest BCUT2D eigenvalue weighted by atomic mass is 16.6. The van der Waals surface area contributed by atoms with E-state index in [0.717, 1.165) is 0 Å². The van der Waals surface area contributed by atoms with Gasteiger partial charge in [0, 0.05) is 18.0 Å². The molecule has 0 radical (unpaired) electrons. The molecular formula is C12H11N5O3. The molecule has 0 saturated heterocycles. The second-order valence-corrected chi connectivity index (χ2v) is 3.70. The Labute approximate surface area is 114 Å². The Balaban J connectivity index is 1.96. The fourth-order valence-electron chi connectivity index (χ4n) is 1.44. The number of carbonyl (C=O) groups excluding carboxylic acids is 1. The Hall–Kier alpha value is -3.16. The van der Waals surface area contributed by atoms with Crippen LogP contribution in [0.5, 0.6) is 0 Å². The summed E-state index contributed by atoms with van der Waals surface area (Å²) in [4.78, 5) is 25.5. The Morgan fingerprint density at radius 1 is 1.15 bits per heavy atom. The molecule has 0 spiro atoms. The SMILES string of the molecule is O=C(NNc1ncccc1[N+](=O)[O-])Nc1ccccc1. The van der Waals surface area contributed by atoms with Crippen molar-refractivity contribution in [2.45, 2.75) is 0 Å². The van der Waals surface area contributed by atoms with E-state index in [-0.39, 0.29) is 11.5 Å². The highest BCUT2D eigenvalue weighted by Gasteiger charge is 2.14. The number of hydrogen-bond donors (Lipinski definition) is 3. The third kappa shape index (κ3) is 3.42. The molecule has 1 heterocycles. The largest absolute Gasteiger partial charge is 0.337 e. The Bertz CT molecular complexity index is 617. The summed E-state index contributed by atoms with van der Waals surface area (Å²) in [5.41, 5.74) is 5.05. The summed E-state index contributed by atoms with van der Waals surface area (Å²) in [7, 11) is 0. The van der Waals surface area contributed by atoms with Crippen LogP contribution in [0.2, 0.25) is 0 Å². The maximum Gasteiger partial charge on any atom is 0.337 e. The number of carbonyl (C=O) groups is 1. The minimum Gasteiger partial charge on any atom is -0.307 e. The molecule has 2 aromatic rings. The van der Waals surface area contributed by atoms with Crippen LogP contribution in [0.1, 0.15) is 0 Å². The predicted octanol–water partition coefficient (Wildman–Crippen LogP) is 2.14. The number of benzene rings is 1. The average Bonchev–Trinajstić information content (AvgIpc) is 2.46. The molecule has 0 saturated carbocycles. The summed E-state index contributed by atoms with van der Waals surface area (Å²) in [6.07, 6.45) is 1.38. The van der Waals surface area contributed by atoms with Crippen molar-refractivity contribution in [1.82, 2.24) is 10.4 Å². The normalized spacial score (nSPS) is 9.60. The molecule has 0 unspecified atom stereocenters. The highest BCUT2D eigenvalue weighted by molar-refractivity contribution is 5.90. The van der Waals surface area contributed by atoms with Gasteiger partial charge in [0.05, 0.1) is 4.92 Å². The van der Waals surface area contributed by atoms with Gasteiger partial charge < -0.3 is 5.32 Å². The maximum absolute atomic E-state index is 11.6. The minimum atomic E-state index is -0.591. The summed E-state index contributed by atoms with van der Waals surface area (Å²) < 4.78 is 0. The smallest absolute Gasteiger partial charge is 0.307 e. The van der Waals surface area contributed by atoms with Crippen LogP contribution < -0.4 is 16.2 Å². The van der Waals surface area contributed by atoms with Crippen molar-refractivity contribution < 1.29 is 9.72 Å². The van der Waals surface area contributed by atoms with Gasteiger partial charge in [-0.3, -0.25) is 15.5 Å². The lowest BCUT2D eigenvalue weighted by Gasteiger charge is -2.09. The van der Waals surface area contributed by atoms with E-state index >= 15 is 0 Å². The summed E-state index contributed by atoms with van der Waals surface area (Å²) in [6.45, 7) is 0. The number of hydrogen-bond acceptors (Lipinski definition) is 5. The molecule has 2 amide bonds. The van der Waals surface area contributed by atoms with Crippen LogP contribution in [0, 0.1) is 10.1 Å². The Morgan fingerprint density at radius 3 is 2.60 bits per heavy atom. The number of aromatic nitrogens is 1. The molecule has 0 aliphatic heterocycles. The molecule has 0 aliphatic rings. The molecule has 1 aromatic carbocycles. The number of anilines is 2. The van der Waals surface area contributed by atoms with Crippen molar-refractivity contribution in [2.75, 3.05) is 10.7 Å². The third-order valence-electron chi connectivity index (χ3n) is 2.31. The fourth-order valence-corrected chi connectivity index (χ4v) is 1.44. The molecule has 8 nitrogen and oxygen atoms in total. The molecule has 0 aliphatic carbocycles. The molecule has 2 rings (SSSR count). The molecule has 3 N–H and O–H groups in total. The molecule has 20 heavy (non-hydrogen) atoms. The zero-order valence-corrected chi connectivity index (χ0v) is 10.2. The molecule has 8 heteroatoms. The standard InChI is InChI=1S/C12H11N5O3/c18-12(14-9-5-2-1-3-6-9)16-15-11-10(17(19)20)7-4-8-13-11/h1-8H,(H,13,15)(H2,14,16,18). The van der Waals surface area contributed by atoms with Crippen molar-refractivity contribution in [3.05, 3.63) is 58.8 Å². The van der Waals surface area contributed by atoms with E-state index in [1.807, 2.05) is 6.07 Å². The average molecular weight is 273 g/mol. The van der Waals surface area contributed by atoms with Crippen molar-refractivity contribution in [3.8, 4) is 0 Å². The van der Waals surface area contributed by atoms with Gasteiger partial charge in [0.25, 0.3) is 0 Å². The van der Waals surface area contributed by atoms with Gasteiger partial charge in [0.15, 0.2) is 0 Å². The van der Waals surface area contributed by atoms with Gasteiger partial charge in [-0.2, -0.15) is 0 Å². The van der Waals surface area contributed by atoms with Crippen LogP contribution in [0.3, 0.4) is 0 Å². The van der Waals surface area contributed by atoms with Gasteiger partial charge in [0.2, 0.25) is 5.82 Å². The lowest BCUT2D eigenvalue weighted by Crippen LogP contribution is -2.34. The number of para-hydroxylation sites is 1. The lowest BCUT2D eigenvalue weighted by molar-refractivity contribution is -0.384. The van der Waals surface area contributed by atoms with Crippen LogP contribution in [0.15, 0.2) is 48.7 Å². The number of pyridine rings is 1. The Kier molecular flexibility index (Phi) is 4.07. The second kappa shape index (κ2) is 6.14. The van der Waals surface area contributed by atoms with Crippen LogP contribution in [-0.4, -0.2) is 15.9 Å². The first kappa shape index (κ1) is 13.3. The number of nitrogens with one attached hydrogen (secondary N) is 3. The number of rotatable bonds is 4. The first-order valence-corrected chi connectivity index (χ1v) is 5.64. The summed E-state index contributed by atoms with van der Waals surface area (Å²) >= 11 is 0. The van der Waals surface area contributed by atoms with Crippen molar-refractivity contribution in [1.29, 1.82) is 0 Å². The van der Waals surface area contributed by atoms with Gasteiger partial charge >= 0.3 is 11.7 Å². The van der Waals surface area contributed by atoms with E-state index in [2.05, 4.69) is 21.2 Å². The minimum absolute atomic E-state index is 0.0410. The zero-order chi connectivity index (χ0) is 14.4. The number of nitrogens with zero attached hydrogens (tertiary/aromatic N) is 2. The molecule has 0 fully saturated rings. The monoisotopic (exact) mass is 273 g/mol. The number of nitro groups is 1. The quantitative estimate of drug-likeness (QED) is 0.584. The number of urea groups is 1. The first-order valence-electron chi connectivity index (χ1n) is 5.64. The van der Waals surface area contributed by atoms with E-state index in [9.17, 15) is 14.9 Å². The zero-order valence-electron chi connectivity index (χ0n) is 10.2. The van der Waals surface area contributed by atoms with Gasteiger partial charge in [-0.1, -0.05) is 18.2 Å². The second-order valence-electron chi connectivity index (χ2n) is 3.70. The molecule has 0 atom stereocenters. The van der Waals surface area contributed by atoms with Gasteiger partial charge in [-0.25, -0.2) is 15.2 Å². The van der Waals surface area contributed by atoms with E-state index in [4.69, 9.17) is 0 Å². The third-order valence-corrected chi connectivity index (χ3v) is 2.31. The highest BCUT2D eigenvalue weighted by Crippen LogP contribution is 2.19. The van der Waals surface area contributed by atoms with Crippen molar-refractivity contribution in [3.63, 3.8) is 0 Å². The van der Waals surface area contributed by atoms with E-state index in [1.54, 1.807) is 24.3 Å². The van der Waals surface area contributed by atoms with Crippen LogP contribution in [-0.2, 0) is 0 Å². The van der Waals surface area contributed by atoms with Crippen LogP contribution in [0.4, 0.5) is 22.0 Å². The fraction of sp³-hybridized carbons (Fsp3) is 0. The lowest BCUT2D eigenvalue weighted by atomic mass is 10.3. The molecule has 1 aromatic heterocycles. The molecule has 0 bridgehead atoms. The topological polar surface area (TPSA) is 109 Å². The van der Waals surface area contributed by atoms with Gasteiger partial charge in [0.1, 0.15) is 0 Å².